The molecule has 182 valence electrons. The smallest absolute Gasteiger partial charge is 0.217 e. The van der Waals surface area contributed by atoms with Gasteiger partial charge in [0.05, 0.1) is 11.6 Å². The SMILES string of the molecule is CC(=O)NC(C)Cn1c(-c2ccc(F)c(Cl)c2)cc2cc(OCCCN3CCCCC3)ccc21. The van der Waals surface area contributed by atoms with Crippen LogP contribution in [0, 0.1) is 5.82 Å². The Labute approximate surface area is 205 Å². The summed E-state index contributed by atoms with van der Waals surface area (Å²) < 4.78 is 22.0. The van der Waals surface area contributed by atoms with Crippen molar-refractivity contribution < 1.29 is 13.9 Å². The Morgan fingerprint density at radius 1 is 1.15 bits per heavy atom. The van der Waals surface area contributed by atoms with E-state index in [-0.39, 0.29) is 17.0 Å². The van der Waals surface area contributed by atoms with Crippen molar-refractivity contribution in [1.82, 2.24) is 14.8 Å². The largest absolute Gasteiger partial charge is 0.494 e. The maximum absolute atomic E-state index is 13.8. The molecule has 3 aromatic rings. The number of nitrogens with one attached hydrogen (secondary N) is 1. The molecule has 0 saturated carbocycles. The highest BCUT2D eigenvalue weighted by Gasteiger charge is 2.16. The Morgan fingerprint density at radius 3 is 2.68 bits per heavy atom. The molecule has 1 amide bonds. The monoisotopic (exact) mass is 485 g/mol. The Bertz CT molecular complexity index is 1140. The topological polar surface area (TPSA) is 46.5 Å². The van der Waals surface area contributed by atoms with Gasteiger partial charge >= 0.3 is 0 Å². The summed E-state index contributed by atoms with van der Waals surface area (Å²) in [6.45, 7) is 8.22. The highest BCUT2D eigenvalue weighted by atomic mass is 35.5. The maximum atomic E-state index is 13.8. The van der Waals surface area contributed by atoms with Crippen molar-refractivity contribution in [1.29, 1.82) is 0 Å². The van der Waals surface area contributed by atoms with E-state index in [0.717, 1.165) is 40.9 Å². The van der Waals surface area contributed by atoms with Crippen molar-refractivity contribution in [3.8, 4) is 17.0 Å². The van der Waals surface area contributed by atoms with Gasteiger partial charge in [0.2, 0.25) is 5.91 Å². The minimum absolute atomic E-state index is 0.0735. The molecule has 5 nitrogen and oxygen atoms in total. The Hall–Kier alpha value is -2.57. The molecule has 7 heteroatoms. The number of hydrogen-bond acceptors (Lipinski definition) is 3. The minimum Gasteiger partial charge on any atom is -0.494 e. The number of piperidine rings is 1. The van der Waals surface area contributed by atoms with Gasteiger partial charge in [0.1, 0.15) is 11.6 Å². The van der Waals surface area contributed by atoms with E-state index in [1.807, 2.05) is 25.1 Å². The number of fused-ring (bicyclic) bond motifs is 1. The molecule has 1 aliphatic rings. The molecular weight excluding hydrogens is 453 g/mol. The van der Waals surface area contributed by atoms with E-state index in [1.54, 1.807) is 12.1 Å². The third-order valence-electron chi connectivity index (χ3n) is 6.33. The number of nitrogens with zero attached hydrogens (tertiary/aromatic N) is 2. The van der Waals surface area contributed by atoms with Crippen molar-refractivity contribution in [3.63, 3.8) is 0 Å². The van der Waals surface area contributed by atoms with Gasteiger partial charge in [-0.1, -0.05) is 18.0 Å². The quantitative estimate of drug-likeness (QED) is 0.385. The van der Waals surface area contributed by atoms with Gasteiger partial charge in [-0.3, -0.25) is 4.79 Å². The van der Waals surface area contributed by atoms with E-state index >= 15 is 0 Å². The number of aromatic nitrogens is 1. The molecular formula is C27H33ClFN3O2. The molecule has 2 heterocycles. The average molecular weight is 486 g/mol. The van der Waals surface area contributed by atoms with Crippen molar-refractivity contribution in [2.24, 2.45) is 0 Å². The number of ether oxygens (including phenoxy) is 1. The summed E-state index contributed by atoms with van der Waals surface area (Å²) in [5, 5.41) is 4.06. The van der Waals surface area contributed by atoms with Crippen LogP contribution < -0.4 is 10.1 Å². The zero-order chi connectivity index (χ0) is 24.1. The number of halogens is 2. The van der Waals surface area contributed by atoms with Crippen LogP contribution >= 0.6 is 11.6 Å². The average Bonchev–Trinajstić information content (AvgIpc) is 3.16. The number of carbonyl (C=O) groups is 1. The third kappa shape index (κ3) is 6.10. The summed E-state index contributed by atoms with van der Waals surface area (Å²) in [6.07, 6.45) is 4.96. The van der Waals surface area contributed by atoms with Gasteiger partial charge in [-0.2, -0.15) is 0 Å². The summed E-state index contributed by atoms with van der Waals surface area (Å²) >= 11 is 6.08. The Balaban J connectivity index is 1.54. The second kappa shape index (κ2) is 11.2. The number of carbonyl (C=O) groups excluding carboxylic acids is 1. The Morgan fingerprint density at radius 2 is 1.94 bits per heavy atom. The summed E-state index contributed by atoms with van der Waals surface area (Å²) in [4.78, 5) is 14.1. The first-order chi connectivity index (χ1) is 16.4. The van der Waals surface area contributed by atoms with Crippen LogP contribution in [0.4, 0.5) is 4.39 Å². The van der Waals surface area contributed by atoms with E-state index in [9.17, 15) is 9.18 Å². The van der Waals surface area contributed by atoms with E-state index in [2.05, 4.69) is 20.9 Å². The normalized spacial score (nSPS) is 15.4. The van der Waals surface area contributed by atoms with E-state index in [1.165, 1.54) is 45.3 Å². The van der Waals surface area contributed by atoms with Crippen LogP contribution in [0.1, 0.15) is 39.5 Å². The van der Waals surface area contributed by atoms with Crippen molar-refractivity contribution >= 4 is 28.4 Å². The van der Waals surface area contributed by atoms with Gasteiger partial charge in [-0.05, 0) is 87.3 Å². The van der Waals surface area contributed by atoms with Gasteiger partial charge in [-0.25, -0.2) is 4.39 Å². The van der Waals surface area contributed by atoms with E-state index in [4.69, 9.17) is 16.3 Å². The van der Waals surface area contributed by atoms with E-state index in [0.29, 0.717) is 13.2 Å². The van der Waals surface area contributed by atoms with Crippen LogP contribution in [0.2, 0.25) is 5.02 Å². The summed E-state index contributed by atoms with van der Waals surface area (Å²) in [6, 6.07) is 12.8. The number of hydrogen-bond donors (Lipinski definition) is 1. The van der Waals surface area contributed by atoms with Crippen LogP contribution in [-0.4, -0.2) is 47.7 Å². The van der Waals surface area contributed by atoms with Crippen molar-refractivity contribution in [3.05, 3.63) is 53.3 Å². The fourth-order valence-corrected chi connectivity index (χ4v) is 4.94. The van der Waals surface area contributed by atoms with Crippen molar-refractivity contribution in [2.45, 2.75) is 52.1 Å². The van der Waals surface area contributed by atoms with Gasteiger partial charge in [0.15, 0.2) is 0 Å². The highest BCUT2D eigenvalue weighted by molar-refractivity contribution is 6.31. The molecule has 0 spiro atoms. The predicted molar refractivity (Wildman–Crippen MR) is 136 cm³/mol. The molecule has 1 saturated heterocycles. The molecule has 1 aliphatic heterocycles. The molecule has 1 aromatic heterocycles. The van der Waals surface area contributed by atoms with Crippen LogP contribution in [0.25, 0.3) is 22.2 Å². The number of amides is 1. The van der Waals surface area contributed by atoms with E-state index < -0.39 is 5.82 Å². The first kappa shape index (κ1) is 24.6. The molecule has 1 N–H and O–H groups in total. The Kier molecular flexibility index (Phi) is 8.11. The molecule has 1 atom stereocenters. The second-order valence-corrected chi connectivity index (χ2v) is 9.60. The van der Waals surface area contributed by atoms with Crippen LogP contribution in [0.15, 0.2) is 42.5 Å². The molecule has 0 aliphatic carbocycles. The number of benzene rings is 2. The lowest BCUT2D eigenvalue weighted by atomic mass is 10.1. The fraction of sp³-hybridized carbons (Fsp3) is 0.444. The van der Waals surface area contributed by atoms with Gasteiger partial charge in [0.25, 0.3) is 0 Å². The van der Waals surface area contributed by atoms with Crippen LogP contribution in [0.3, 0.4) is 0 Å². The molecule has 1 unspecified atom stereocenters. The third-order valence-corrected chi connectivity index (χ3v) is 6.62. The van der Waals surface area contributed by atoms with Crippen LogP contribution in [-0.2, 0) is 11.3 Å². The predicted octanol–water partition coefficient (Wildman–Crippen LogP) is 5.88. The lowest BCUT2D eigenvalue weighted by Crippen LogP contribution is -2.34. The summed E-state index contributed by atoms with van der Waals surface area (Å²) in [7, 11) is 0. The zero-order valence-corrected chi connectivity index (χ0v) is 20.7. The van der Waals surface area contributed by atoms with Gasteiger partial charge in [-0.15, -0.1) is 0 Å². The number of likely N-dealkylation sites (tertiary alicyclic amines) is 1. The molecule has 2 aromatic carbocycles. The van der Waals surface area contributed by atoms with Crippen LogP contribution in [0.5, 0.6) is 5.75 Å². The number of rotatable bonds is 9. The summed E-state index contributed by atoms with van der Waals surface area (Å²) in [5.74, 6) is 0.317. The summed E-state index contributed by atoms with van der Waals surface area (Å²) in [5.41, 5.74) is 2.76. The highest BCUT2D eigenvalue weighted by Crippen LogP contribution is 2.33. The second-order valence-electron chi connectivity index (χ2n) is 9.20. The minimum atomic E-state index is -0.445. The fourth-order valence-electron chi connectivity index (χ4n) is 4.76. The molecule has 34 heavy (non-hydrogen) atoms. The lowest BCUT2D eigenvalue weighted by Gasteiger charge is -2.26. The standard InChI is InChI=1S/C27H33ClFN3O2/c1-19(30-20(2)33)18-32-26-10-8-23(34-14-6-13-31-11-4-3-5-12-31)15-22(26)17-27(32)21-7-9-25(29)24(28)16-21/h7-10,15-17,19H,3-6,11-14,18H2,1-2H3,(H,30,33). The van der Waals surface area contributed by atoms with Gasteiger partial charge in [0, 0.05) is 42.7 Å². The molecule has 0 radical (unpaired) electrons. The first-order valence-electron chi connectivity index (χ1n) is 12.1. The molecule has 4 rings (SSSR count). The zero-order valence-electron chi connectivity index (χ0n) is 19.9. The van der Waals surface area contributed by atoms with Crippen molar-refractivity contribution in [2.75, 3.05) is 26.2 Å². The first-order valence-corrected chi connectivity index (χ1v) is 12.5. The molecule has 0 bridgehead atoms. The van der Waals surface area contributed by atoms with Gasteiger partial charge < -0.3 is 19.5 Å². The lowest BCUT2D eigenvalue weighted by molar-refractivity contribution is -0.119. The maximum Gasteiger partial charge on any atom is 0.217 e. The molecule has 1 fully saturated rings.